The zero-order valence-electron chi connectivity index (χ0n) is 11.7. The van der Waals surface area contributed by atoms with Gasteiger partial charge in [0, 0.05) is 17.8 Å². The molecular weight excluding hydrogens is 365 g/mol. The van der Waals surface area contributed by atoms with Crippen LogP contribution in [0.15, 0.2) is 52.1 Å². The van der Waals surface area contributed by atoms with E-state index in [9.17, 15) is 9.18 Å². The molecule has 5 nitrogen and oxygen atoms in total. The lowest BCUT2D eigenvalue weighted by atomic mass is 10.1. The minimum Gasteiger partial charge on any atom is -0.485 e. The van der Waals surface area contributed by atoms with Gasteiger partial charge >= 0.3 is 0 Å². The Labute approximate surface area is 138 Å². The van der Waals surface area contributed by atoms with E-state index >= 15 is 0 Å². The Morgan fingerprint density at radius 1 is 1.30 bits per heavy atom. The molecule has 0 spiro atoms. The van der Waals surface area contributed by atoms with Crippen molar-refractivity contribution in [3.05, 3.63) is 69.2 Å². The molecule has 0 radical (unpaired) electrons. The largest absolute Gasteiger partial charge is 0.485 e. The molecule has 114 valence electrons. The van der Waals surface area contributed by atoms with Gasteiger partial charge in [0.1, 0.15) is 23.9 Å². The van der Waals surface area contributed by atoms with Crippen LogP contribution in [-0.2, 0) is 6.61 Å². The first-order valence-corrected chi connectivity index (χ1v) is 7.58. The fourth-order valence-electron chi connectivity index (χ4n) is 2.62. The predicted molar refractivity (Wildman–Crippen MR) is 85.1 cm³/mol. The summed E-state index contributed by atoms with van der Waals surface area (Å²) in [6, 6.07) is 6.58. The topological polar surface area (TPSA) is 57.0 Å². The molecule has 0 bridgehead atoms. The molecule has 1 aliphatic heterocycles. The Morgan fingerprint density at radius 3 is 3.00 bits per heavy atom. The number of nitrogens with zero attached hydrogens (tertiary/aromatic N) is 3. The molecule has 3 aromatic rings. The zero-order chi connectivity index (χ0) is 16.0. The lowest BCUT2D eigenvalue weighted by Gasteiger charge is -2.23. The molecule has 1 aliphatic rings. The Hall–Kier alpha value is -2.54. The molecule has 0 saturated heterocycles. The monoisotopic (exact) mass is 373 g/mol. The summed E-state index contributed by atoms with van der Waals surface area (Å²) in [5, 5.41) is 0. The van der Waals surface area contributed by atoms with Crippen LogP contribution in [0.5, 0.6) is 5.75 Å². The van der Waals surface area contributed by atoms with Crippen molar-refractivity contribution in [3.8, 4) is 22.7 Å². The average molecular weight is 374 g/mol. The SMILES string of the molecule is O=c1c(Br)cc2c(n1-c1cncc(F)c1)COc1cccnc1-2. The van der Waals surface area contributed by atoms with E-state index in [0.717, 1.165) is 11.8 Å². The summed E-state index contributed by atoms with van der Waals surface area (Å²) in [6.45, 7) is 0.188. The molecule has 0 fully saturated rings. The molecule has 4 rings (SSSR count). The van der Waals surface area contributed by atoms with Crippen molar-refractivity contribution in [2.45, 2.75) is 6.61 Å². The van der Waals surface area contributed by atoms with Crippen LogP contribution in [0.3, 0.4) is 0 Å². The second-order valence-electron chi connectivity index (χ2n) is 4.99. The highest BCUT2D eigenvalue weighted by Crippen LogP contribution is 2.36. The van der Waals surface area contributed by atoms with Gasteiger partial charge in [-0.15, -0.1) is 0 Å². The van der Waals surface area contributed by atoms with Crippen LogP contribution in [0, 0.1) is 5.82 Å². The summed E-state index contributed by atoms with van der Waals surface area (Å²) in [6.07, 6.45) is 4.18. The summed E-state index contributed by atoms with van der Waals surface area (Å²) < 4.78 is 21.0. The van der Waals surface area contributed by atoms with E-state index in [0.29, 0.717) is 27.3 Å². The maximum Gasteiger partial charge on any atom is 0.269 e. The Morgan fingerprint density at radius 2 is 2.17 bits per heavy atom. The molecule has 0 aliphatic carbocycles. The van der Waals surface area contributed by atoms with Gasteiger partial charge in [0.15, 0.2) is 0 Å². The Bertz CT molecular complexity index is 987. The van der Waals surface area contributed by atoms with Crippen molar-refractivity contribution in [1.82, 2.24) is 14.5 Å². The molecule has 7 heteroatoms. The number of fused-ring (bicyclic) bond motifs is 3. The predicted octanol–water partition coefficient (Wildman–Crippen LogP) is 3.09. The van der Waals surface area contributed by atoms with Gasteiger partial charge in [-0.05, 0) is 34.1 Å². The highest BCUT2D eigenvalue weighted by molar-refractivity contribution is 9.10. The molecule has 0 N–H and O–H groups in total. The summed E-state index contributed by atoms with van der Waals surface area (Å²) in [5.41, 5.74) is 2.06. The quantitative estimate of drug-likeness (QED) is 0.657. The van der Waals surface area contributed by atoms with Crippen LogP contribution in [0.25, 0.3) is 16.9 Å². The maximum atomic E-state index is 13.5. The second kappa shape index (κ2) is 5.27. The molecule has 4 heterocycles. The van der Waals surface area contributed by atoms with E-state index in [1.165, 1.54) is 16.8 Å². The van der Waals surface area contributed by atoms with E-state index in [4.69, 9.17) is 4.74 Å². The number of pyridine rings is 3. The molecular formula is C16H9BrFN3O2. The first-order valence-electron chi connectivity index (χ1n) is 6.78. The van der Waals surface area contributed by atoms with Crippen molar-refractivity contribution in [1.29, 1.82) is 0 Å². The molecule has 3 aromatic heterocycles. The molecule has 23 heavy (non-hydrogen) atoms. The molecule has 0 atom stereocenters. The lowest BCUT2D eigenvalue weighted by molar-refractivity contribution is 0.292. The van der Waals surface area contributed by atoms with Crippen LogP contribution >= 0.6 is 15.9 Å². The lowest BCUT2D eigenvalue weighted by Crippen LogP contribution is -2.26. The van der Waals surface area contributed by atoms with Crippen molar-refractivity contribution < 1.29 is 9.13 Å². The smallest absolute Gasteiger partial charge is 0.269 e. The number of hydrogen-bond donors (Lipinski definition) is 0. The number of ether oxygens (including phenoxy) is 1. The van der Waals surface area contributed by atoms with Crippen molar-refractivity contribution in [2.24, 2.45) is 0 Å². The van der Waals surface area contributed by atoms with Gasteiger partial charge in [0.25, 0.3) is 5.56 Å². The van der Waals surface area contributed by atoms with Crippen LogP contribution in [0.4, 0.5) is 4.39 Å². The number of hydrogen-bond acceptors (Lipinski definition) is 4. The van der Waals surface area contributed by atoms with E-state index in [2.05, 4.69) is 25.9 Å². The third kappa shape index (κ3) is 2.24. The minimum absolute atomic E-state index is 0.188. The zero-order valence-corrected chi connectivity index (χ0v) is 13.2. The third-order valence-corrected chi connectivity index (χ3v) is 4.17. The van der Waals surface area contributed by atoms with Crippen molar-refractivity contribution in [2.75, 3.05) is 0 Å². The van der Waals surface area contributed by atoms with Gasteiger partial charge in [-0.3, -0.25) is 19.3 Å². The summed E-state index contributed by atoms with van der Waals surface area (Å²) in [5.74, 6) is 0.132. The van der Waals surface area contributed by atoms with Gasteiger partial charge in [0.05, 0.1) is 28.2 Å². The number of rotatable bonds is 1. The highest BCUT2D eigenvalue weighted by atomic mass is 79.9. The van der Waals surface area contributed by atoms with Gasteiger partial charge in [-0.1, -0.05) is 0 Å². The minimum atomic E-state index is -0.515. The molecule has 0 amide bonds. The maximum absolute atomic E-state index is 13.5. The van der Waals surface area contributed by atoms with E-state index < -0.39 is 5.82 Å². The van der Waals surface area contributed by atoms with Crippen molar-refractivity contribution >= 4 is 15.9 Å². The summed E-state index contributed by atoms with van der Waals surface area (Å²) in [7, 11) is 0. The van der Waals surface area contributed by atoms with Crippen LogP contribution < -0.4 is 10.3 Å². The standard InChI is InChI=1S/C16H9BrFN3O2/c17-12-5-11-13(8-23-14-2-1-3-20-15(11)14)21(16(12)22)10-4-9(18)6-19-7-10/h1-7H,8H2. The van der Waals surface area contributed by atoms with Gasteiger partial charge < -0.3 is 4.74 Å². The molecule has 0 saturated carbocycles. The summed E-state index contributed by atoms with van der Waals surface area (Å²) in [4.78, 5) is 20.7. The average Bonchev–Trinajstić information content (AvgIpc) is 2.56. The Balaban J connectivity index is 2.06. The molecule has 0 aromatic carbocycles. The highest BCUT2D eigenvalue weighted by Gasteiger charge is 2.24. The van der Waals surface area contributed by atoms with Gasteiger partial charge in [-0.2, -0.15) is 0 Å². The number of halogens is 2. The Kier molecular flexibility index (Phi) is 3.23. The normalized spacial score (nSPS) is 12.3. The first-order chi connectivity index (χ1) is 11.1. The van der Waals surface area contributed by atoms with E-state index in [1.807, 2.05) is 6.07 Å². The van der Waals surface area contributed by atoms with Gasteiger partial charge in [-0.25, -0.2) is 4.39 Å². The van der Waals surface area contributed by atoms with Crippen LogP contribution in [0.1, 0.15) is 5.69 Å². The van der Waals surface area contributed by atoms with Crippen molar-refractivity contribution in [3.63, 3.8) is 0 Å². The first kappa shape index (κ1) is 14.1. The summed E-state index contributed by atoms with van der Waals surface area (Å²) >= 11 is 3.28. The third-order valence-electron chi connectivity index (χ3n) is 3.60. The fourth-order valence-corrected chi connectivity index (χ4v) is 3.03. The number of aromatic nitrogens is 3. The van der Waals surface area contributed by atoms with E-state index in [1.54, 1.807) is 18.3 Å². The fraction of sp³-hybridized carbons (Fsp3) is 0.0625. The van der Waals surface area contributed by atoms with E-state index in [-0.39, 0.29) is 12.2 Å². The van der Waals surface area contributed by atoms with Gasteiger partial charge in [0.2, 0.25) is 0 Å². The second-order valence-corrected chi connectivity index (χ2v) is 5.85. The van der Waals surface area contributed by atoms with Crippen LogP contribution in [0.2, 0.25) is 0 Å². The van der Waals surface area contributed by atoms with Crippen LogP contribution in [-0.4, -0.2) is 14.5 Å². The molecule has 0 unspecified atom stereocenters.